The molecule has 1 saturated carbocycles. The van der Waals surface area contributed by atoms with Crippen LogP contribution in [0.15, 0.2) is 109 Å². The molecule has 1 N–H and O–H groups in total. The number of ketones is 1. The Kier molecular flexibility index (Phi) is 9.51. The number of hydrogen-bond donors (Lipinski definition) is 1. The molecule has 0 spiro atoms. The second kappa shape index (κ2) is 13.7. The lowest BCUT2D eigenvalue weighted by molar-refractivity contribution is -0.123. The Bertz CT molecular complexity index is 1590. The van der Waals surface area contributed by atoms with Crippen LogP contribution in [0, 0.1) is 5.92 Å². The van der Waals surface area contributed by atoms with E-state index in [-0.39, 0.29) is 17.6 Å². The first kappa shape index (κ1) is 30.6. The van der Waals surface area contributed by atoms with E-state index in [1.54, 1.807) is 46.7 Å². The zero-order chi connectivity index (χ0) is 31.1. The normalized spacial score (nSPS) is 21.4. The Morgan fingerprint density at radius 2 is 1.05 bits per heavy atom. The van der Waals surface area contributed by atoms with Crippen molar-refractivity contribution in [1.82, 2.24) is 0 Å². The summed E-state index contributed by atoms with van der Waals surface area (Å²) in [4.78, 5) is 14.3. The van der Waals surface area contributed by atoms with Crippen LogP contribution in [0.5, 0.6) is 23.0 Å². The summed E-state index contributed by atoms with van der Waals surface area (Å²) in [6.07, 6.45) is 7.41. The fraction of sp³-hybridized carbons (Fsp3) is 0.237. The number of aliphatic hydroxyl groups is 1. The molecule has 226 valence electrons. The molecular formula is C38H38O6. The van der Waals surface area contributed by atoms with Gasteiger partial charge >= 0.3 is 0 Å². The Balaban J connectivity index is 1.59. The number of methoxy groups -OCH3 is 4. The van der Waals surface area contributed by atoms with Gasteiger partial charge in [-0.15, -0.1) is 0 Å². The summed E-state index contributed by atoms with van der Waals surface area (Å²) < 4.78 is 21.4. The molecule has 1 fully saturated rings. The molecule has 0 radical (unpaired) electrons. The lowest BCUT2D eigenvalue weighted by atomic mass is 9.76. The number of carbonyl (C=O) groups is 1. The number of allylic oxidation sites excluding steroid dienone is 1. The van der Waals surface area contributed by atoms with E-state index in [0.717, 1.165) is 45.3 Å². The average molecular weight is 591 g/mol. The van der Waals surface area contributed by atoms with Crippen LogP contribution in [0.3, 0.4) is 0 Å². The van der Waals surface area contributed by atoms with Gasteiger partial charge in [0.15, 0.2) is 5.78 Å². The van der Waals surface area contributed by atoms with Crippen molar-refractivity contribution in [3.8, 4) is 23.0 Å². The molecule has 1 aliphatic carbocycles. The van der Waals surface area contributed by atoms with Gasteiger partial charge in [0.05, 0.1) is 40.0 Å². The van der Waals surface area contributed by atoms with Gasteiger partial charge in [-0.1, -0.05) is 66.8 Å². The molecule has 0 amide bonds. The third-order valence-corrected chi connectivity index (χ3v) is 8.47. The second-order valence-corrected chi connectivity index (χ2v) is 11.0. The van der Waals surface area contributed by atoms with E-state index in [1.165, 1.54) is 0 Å². The lowest BCUT2D eigenvalue weighted by Crippen LogP contribution is -2.37. The molecule has 4 aromatic rings. The van der Waals surface area contributed by atoms with Crippen LogP contribution in [0.25, 0.3) is 12.2 Å². The summed E-state index contributed by atoms with van der Waals surface area (Å²) in [6.45, 7) is 0. The molecule has 0 saturated heterocycles. The largest absolute Gasteiger partial charge is 0.497 e. The number of benzene rings is 4. The number of rotatable bonds is 11. The predicted molar refractivity (Wildman–Crippen MR) is 174 cm³/mol. The maximum atomic E-state index is 14.3. The molecule has 0 bridgehead atoms. The Hall–Kier alpha value is -4.81. The number of ether oxygens (including phenoxy) is 4. The first-order valence-electron chi connectivity index (χ1n) is 14.6. The Morgan fingerprint density at radius 1 is 0.636 bits per heavy atom. The molecule has 4 atom stereocenters. The molecule has 4 aromatic carbocycles. The van der Waals surface area contributed by atoms with Crippen LogP contribution in [0.2, 0.25) is 0 Å². The van der Waals surface area contributed by atoms with Crippen molar-refractivity contribution < 1.29 is 28.8 Å². The van der Waals surface area contributed by atoms with E-state index in [2.05, 4.69) is 0 Å². The first-order valence-corrected chi connectivity index (χ1v) is 14.6. The average Bonchev–Trinajstić information content (AvgIpc) is 3.40. The van der Waals surface area contributed by atoms with Crippen LogP contribution in [-0.4, -0.2) is 44.9 Å². The molecule has 0 aromatic heterocycles. The second-order valence-electron chi connectivity index (χ2n) is 11.0. The number of carbonyl (C=O) groups excluding carboxylic acids is 1. The van der Waals surface area contributed by atoms with Crippen molar-refractivity contribution in [2.75, 3.05) is 28.4 Å². The summed E-state index contributed by atoms with van der Waals surface area (Å²) >= 11 is 0. The molecular weight excluding hydrogens is 552 g/mol. The lowest BCUT2D eigenvalue weighted by Gasteiger charge is -2.29. The van der Waals surface area contributed by atoms with E-state index in [0.29, 0.717) is 6.42 Å². The quantitative estimate of drug-likeness (QED) is 0.184. The first-order chi connectivity index (χ1) is 21.4. The van der Waals surface area contributed by atoms with Crippen LogP contribution < -0.4 is 18.9 Å². The standard InChI is InChI=1S/C38H38O6/c1-41-30-14-5-26(6-15-30)9-22-35(39)37-36(29-12-20-33(44-4)21-13-29)34(28-10-18-32(43-3)19-11-28)25-38(37,40)24-23-27-7-16-31(42-2)17-8-27/h5-24,34,36-37,40H,25H2,1-4H3/b22-9+,24-23+/t34-,36-,37+,38-/m1/s1. The van der Waals surface area contributed by atoms with E-state index < -0.39 is 11.5 Å². The van der Waals surface area contributed by atoms with Gasteiger partial charge in [-0.05, 0) is 89.2 Å². The van der Waals surface area contributed by atoms with Crippen molar-refractivity contribution in [3.05, 3.63) is 131 Å². The van der Waals surface area contributed by atoms with E-state index in [4.69, 9.17) is 18.9 Å². The van der Waals surface area contributed by atoms with Gasteiger partial charge in [0.1, 0.15) is 23.0 Å². The highest BCUT2D eigenvalue weighted by atomic mass is 16.5. The summed E-state index contributed by atoms with van der Waals surface area (Å²) in [7, 11) is 6.51. The highest BCUT2D eigenvalue weighted by Gasteiger charge is 2.54. The predicted octanol–water partition coefficient (Wildman–Crippen LogP) is 7.34. The van der Waals surface area contributed by atoms with E-state index in [9.17, 15) is 9.90 Å². The molecule has 5 rings (SSSR count). The van der Waals surface area contributed by atoms with Gasteiger partial charge in [-0.2, -0.15) is 0 Å². The summed E-state index contributed by atoms with van der Waals surface area (Å²) in [5.74, 6) is 1.59. The summed E-state index contributed by atoms with van der Waals surface area (Å²) in [6, 6.07) is 30.8. The highest BCUT2D eigenvalue weighted by Crippen LogP contribution is 2.56. The molecule has 6 heteroatoms. The SMILES string of the molecule is COc1ccc(/C=C/C(=O)[C@H]2[C@H](c3ccc(OC)cc3)[C@@H](c3ccc(OC)cc3)C[C@]2(O)/C=C/c2ccc(OC)cc2)cc1. The monoisotopic (exact) mass is 590 g/mol. The molecule has 0 aliphatic heterocycles. The van der Waals surface area contributed by atoms with Crippen molar-refractivity contribution >= 4 is 17.9 Å². The molecule has 0 heterocycles. The van der Waals surface area contributed by atoms with Crippen LogP contribution in [0.1, 0.15) is 40.5 Å². The molecule has 44 heavy (non-hydrogen) atoms. The molecule has 0 unspecified atom stereocenters. The van der Waals surface area contributed by atoms with Gasteiger partial charge in [-0.25, -0.2) is 0 Å². The van der Waals surface area contributed by atoms with E-state index in [1.807, 2.05) is 103 Å². The van der Waals surface area contributed by atoms with Gasteiger partial charge in [0.25, 0.3) is 0 Å². The number of hydrogen-bond acceptors (Lipinski definition) is 6. The zero-order valence-corrected chi connectivity index (χ0v) is 25.5. The van der Waals surface area contributed by atoms with E-state index >= 15 is 0 Å². The smallest absolute Gasteiger partial charge is 0.162 e. The minimum atomic E-state index is -1.43. The third-order valence-electron chi connectivity index (χ3n) is 8.47. The molecule has 6 nitrogen and oxygen atoms in total. The van der Waals surface area contributed by atoms with Crippen molar-refractivity contribution in [3.63, 3.8) is 0 Å². The fourth-order valence-corrected chi connectivity index (χ4v) is 6.12. The Labute approximate surface area is 259 Å². The Morgan fingerprint density at radius 3 is 1.50 bits per heavy atom. The maximum absolute atomic E-state index is 14.3. The van der Waals surface area contributed by atoms with Gasteiger partial charge in [-0.3, -0.25) is 4.79 Å². The van der Waals surface area contributed by atoms with Gasteiger partial charge < -0.3 is 24.1 Å². The van der Waals surface area contributed by atoms with Crippen molar-refractivity contribution in [1.29, 1.82) is 0 Å². The van der Waals surface area contributed by atoms with Crippen LogP contribution in [-0.2, 0) is 4.79 Å². The van der Waals surface area contributed by atoms with Gasteiger partial charge in [0, 0.05) is 5.92 Å². The van der Waals surface area contributed by atoms with Crippen LogP contribution >= 0.6 is 0 Å². The molecule has 1 aliphatic rings. The summed E-state index contributed by atoms with van der Waals surface area (Å²) in [5.41, 5.74) is 2.31. The highest BCUT2D eigenvalue weighted by molar-refractivity contribution is 5.97. The van der Waals surface area contributed by atoms with Crippen LogP contribution in [0.4, 0.5) is 0 Å². The topological polar surface area (TPSA) is 74.2 Å². The minimum absolute atomic E-state index is 0.150. The van der Waals surface area contributed by atoms with Crippen molar-refractivity contribution in [2.45, 2.75) is 23.9 Å². The zero-order valence-electron chi connectivity index (χ0n) is 25.5. The van der Waals surface area contributed by atoms with Crippen molar-refractivity contribution in [2.24, 2.45) is 5.92 Å². The third kappa shape index (κ3) is 6.71. The summed E-state index contributed by atoms with van der Waals surface area (Å²) in [5, 5.41) is 12.5. The fourth-order valence-electron chi connectivity index (χ4n) is 6.12. The maximum Gasteiger partial charge on any atom is 0.162 e. The minimum Gasteiger partial charge on any atom is -0.497 e. The van der Waals surface area contributed by atoms with Gasteiger partial charge in [0.2, 0.25) is 0 Å².